The SMILES string of the molecule is C[Si](C)(C)[C@@H]1C=C[C@H]2COC(O)[C@@H]12. The minimum absolute atomic E-state index is 0.353. The molecule has 0 saturated carbocycles. The fraction of sp³-hybridized carbons (Fsp3) is 0.800. The van der Waals surface area contributed by atoms with Crippen LogP contribution in [-0.4, -0.2) is 26.1 Å². The van der Waals surface area contributed by atoms with Crippen molar-refractivity contribution >= 4 is 8.07 Å². The van der Waals surface area contributed by atoms with Crippen molar-refractivity contribution in [2.24, 2.45) is 11.8 Å². The van der Waals surface area contributed by atoms with Gasteiger partial charge in [-0.15, -0.1) is 0 Å². The summed E-state index contributed by atoms with van der Waals surface area (Å²) in [6.07, 6.45) is 4.04. The monoisotopic (exact) mass is 198 g/mol. The van der Waals surface area contributed by atoms with Crippen molar-refractivity contribution in [3.05, 3.63) is 12.2 Å². The number of fused-ring (bicyclic) bond motifs is 1. The quantitative estimate of drug-likeness (QED) is 0.514. The molecule has 0 radical (unpaired) electrons. The summed E-state index contributed by atoms with van der Waals surface area (Å²) in [4.78, 5) is 0. The molecule has 0 aromatic rings. The highest BCUT2D eigenvalue weighted by molar-refractivity contribution is 6.78. The van der Waals surface area contributed by atoms with E-state index in [9.17, 15) is 5.11 Å². The van der Waals surface area contributed by atoms with Crippen molar-refractivity contribution in [3.8, 4) is 0 Å². The summed E-state index contributed by atoms with van der Waals surface area (Å²) in [5.41, 5.74) is 0.593. The third-order valence-corrected chi connectivity index (χ3v) is 5.84. The Kier molecular flexibility index (Phi) is 2.13. The summed E-state index contributed by atoms with van der Waals surface area (Å²) >= 11 is 0. The van der Waals surface area contributed by atoms with Gasteiger partial charge in [-0.2, -0.15) is 0 Å². The molecule has 0 amide bonds. The van der Waals surface area contributed by atoms with Gasteiger partial charge in [-0.05, 0) is 5.54 Å². The third kappa shape index (κ3) is 1.49. The summed E-state index contributed by atoms with van der Waals surface area (Å²) < 4.78 is 5.27. The van der Waals surface area contributed by atoms with Gasteiger partial charge in [-0.3, -0.25) is 0 Å². The first-order valence-corrected chi connectivity index (χ1v) is 8.56. The Morgan fingerprint density at radius 3 is 2.62 bits per heavy atom. The molecule has 1 N–H and O–H groups in total. The van der Waals surface area contributed by atoms with E-state index >= 15 is 0 Å². The first-order chi connectivity index (χ1) is 6.00. The zero-order valence-electron chi connectivity index (χ0n) is 8.53. The number of allylic oxidation sites excluding steroid dienone is 1. The first-order valence-electron chi connectivity index (χ1n) is 4.98. The number of aliphatic hydroxyl groups excluding tert-OH is 1. The van der Waals surface area contributed by atoms with Gasteiger partial charge in [0, 0.05) is 11.8 Å². The van der Waals surface area contributed by atoms with Crippen LogP contribution in [0.2, 0.25) is 25.2 Å². The molecule has 0 aromatic carbocycles. The smallest absolute Gasteiger partial charge is 0.158 e. The Labute approximate surface area is 80.6 Å². The van der Waals surface area contributed by atoms with Crippen LogP contribution < -0.4 is 0 Å². The van der Waals surface area contributed by atoms with Gasteiger partial charge < -0.3 is 9.84 Å². The molecule has 1 fully saturated rings. The van der Waals surface area contributed by atoms with Crippen LogP contribution in [0.3, 0.4) is 0 Å². The number of hydrogen-bond donors (Lipinski definition) is 1. The zero-order valence-corrected chi connectivity index (χ0v) is 9.53. The van der Waals surface area contributed by atoms with E-state index in [1.165, 1.54) is 0 Å². The molecule has 2 rings (SSSR count). The van der Waals surface area contributed by atoms with Crippen LogP contribution in [-0.2, 0) is 4.74 Å². The van der Waals surface area contributed by atoms with Crippen molar-refractivity contribution in [2.45, 2.75) is 31.5 Å². The average molecular weight is 198 g/mol. The van der Waals surface area contributed by atoms with E-state index in [-0.39, 0.29) is 0 Å². The molecule has 0 spiro atoms. The molecular weight excluding hydrogens is 180 g/mol. The molecule has 3 heteroatoms. The summed E-state index contributed by atoms with van der Waals surface area (Å²) in [7, 11) is -1.18. The predicted molar refractivity (Wildman–Crippen MR) is 55.2 cm³/mol. The highest BCUT2D eigenvalue weighted by Crippen LogP contribution is 2.47. The normalized spacial score (nSPS) is 44.0. The Hall–Kier alpha value is -0.123. The van der Waals surface area contributed by atoms with Crippen LogP contribution in [0.4, 0.5) is 0 Å². The minimum Gasteiger partial charge on any atom is -0.368 e. The Bertz CT molecular complexity index is 232. The fourth-order valence-corrected chi connectivity index (χ4v) is 4.78. The number of hydrogen-bond acceptors (Lipinski definition) is 2. The van der Waals surface area contributed by atoms with Crippen LogP contribution in [0.1, 0.15) is 0 Å². The molecular formula is C10H18O2Si. The van der Waals surface area contributed by atoms with Crippen LogP contribution in [0.5, 0.6) is 0 Å². The van der Waals surface area contributed by atoms with E-state index in [0.717, 1.165) is 0 Å². The van der Waals surface area contributed by atoms with Crippen LogP contribution in [0.15, 0.2) is 12.2 Å². The average Bonchev–Trinajstić information content (AvgIpc) is 2.51. The molecule has 1 saturated heterocycles. The summed E-state index contributed by atoms with van der Waals surface area (Å²) in [6.45, 7) is 7.78. The second-order valence-corrected chi connectivity index (χ2v) is 10.6. The van der Waals surface area contributed by atoms with E-state index in [4.69, 9.17) is 4.74 Å². The fourth-order valence-electron chi connectivity index (χ4n) is 2.53. The summed E-state index contributed by atoms with van der Waals surface area (Å²) in [5, 5.41) is 9.69. The molecule has 1 aliphatic heterocycles. The minimum atomic E-state index is -1.18. The lowest BCUT2D eigenvalue weighted by Gasteiger charge is -2.30. The Balaban J connectivity index is 2.19. The largest absolute Gasteiger partial charge is 0.368 e. The van der Waals surface area contributed by atoms with E-state index in [0.29, 0.717) is 24.0 Å². The molecule has 2 nitrogen and oxygen atoms in total. The van der Waals surface area contributed by atoms with Crippen LogP contribution in [0.25, 0.3) is 0 Å². The zero-order chi connectivity index (χ0) is 9.64. The maximum Gasteiger partial charge on any atom is 0.158 e. The van der Waals surface area contributed by atoms with Crippen molar-refractivity contribution in [3.63, 3.8) is 0 Å². The van der Waals surface area contributed by atoms with Gasteiger partial charge in [-0.25, -0.2) is 0 Å². The van der Waals surface area contributed by atoms with Gasteiger partial charge in [-0.1, -0.05) is 31.8 Å². The van der Waals surface area contributed by atoms with Gasteiger partial charge >= 0.3 is 0 Å². The lowest BCUT2D eigenvalue weighted by Crippen LogP contribution is -2.35. The van der Waals surface area contributed by atoms with Crippen molar-refractivity contribution in [2.75, 3.05) is 6.61 Å². The lowest BCUT2D eigenvalue weighted by molar-refractivity contribution is -0.0815. The van der Waals surface area contributed by atoms with Crippen molar-refractivity contribution in [1.82, 2.24) is 0 Å². The highest BCUT2D eigenvalue weighted by atomic mass is 28.3. The van der Waals surface area contributed by atoms with Crippen LogP contribution in [0, 0.1) is 11.8 Å². The van der Waals surface area contributed by atoms with Gasteiger partial charge in [0.25, 0.3) is 0 Å². The van der Waals surface area contributed by atoms with Crippen LogP contribution >= 0.6 is 0 Å². The first kappa shape index (κ1) is 9.43. The lowest BCUT2D eigenvalue weighted by atomic mass is 9.98. The maximum atomic E-state index is 9.69. The van der Waals surface area contributed by atoms with Gasteiger partial charge in [0.1, 0.15) is 0 Å². The number of aliphatic hydroxyl groups is 1. The number of ether oxygens (including phenoxy) is 1. The molecule has 13 heavy (non-hydrogen) atoms. The molecule has 1 unspecified atom stereocenters. The van der Waals surface area contributed by atoms with Gasteiger partial charge in [0.05, 0.1) is 14.7 Å². The topological polar surface area (TPSA) is 29.5 Å². The molecule has 2 aliphatic rings. The summed E-state index contributed by atoms with van der Waals surface area (Å²) in [5.74, 6) is 0.832. The molecule has 0 aromatic heterocycles. The second kappa shape index (κ2) is 2.94. The molecule has 4 atom stereocenters. The third-order valence-electron chi connectivity index (χ3n) is 3.26. The van der Waals surface area contributed by atoms with Gasteiger partial charge in [0.2, 0.25) is 0 Å². The van der Waals surface area contributed by atoms with E-state index in [2.05, 4.69) is 31.8 Å². The molecule has 0 bridgehead atoms. The second-order valence-electron chi connectivity index (χ2n) is 5.24. The molecule has 74 valence electrons. The number of rotatable bonds is 1. The molecule has 1 heterocycles. The Morgan fingerprint density at radius 1 is 1.31 bits per heavy atom. The Morgan fingerprint density at radius 2 is 2.00 bits per heavy atom. The van der Waals surface area contributed by atoms with Gasteiger partial charge in [0.15, 0.2) is 6.29 Å². The van der Waals surface area contributed by atoms with Crippen molar-refractivity contribution in [1.29, 1.82) is 0 Å². The standard InChI is InChI=1S/C10H18O2Si/c1-13(2,3)8-5-4-7-6-12-10(11)9(7)8/h4-5,7-11H,6H2,1-3H3/t7-,8+,9+,10?/m0/s1. The van der Waals surface area contributed by atoms with E-state index in [1.807, 2.05) is 0 Å². The van der Waals surface area contributed by atoms with Crippen molar-refractivity contribution < 1.29 is 9.84 Å². The molecule has 1 aliphatic carbocycles. The highest BCUT2D eigenvalue weighted by Gasteiger charge is 2.47. The van der Waals surface area contributed by atoms with E-state index in [1.54, 1.807) is 0 Å². The maximum absolute atomic E-state index is 9.69. The van der Waals surface area contributed by atoms with E-state index < -0.39 is 14.4 Å². The summed E-state index contributed by atoms with van der Waals surface area (Å²) in [6, 6.07) is 0. The predicted octanol–water partition coefficient (Wildman–Crippen LogP) is 1.85.